The molecule has 3 nitrogen and oxygen atoms in total. The molecule has 0 saturated heterocycles. The van der Waals surface area contributed by atoms with Crippen molar-refractivity contribution in [2.45, 2.75) is 71.2 Å². The van der Waals surface area contributed by atoms with E-state index in [-0.39, 0.29) is 5.04 Å². The number of nitrogens with zero attached hydrogens (tertiary/aromatic N) is 2. The molecule has 5 heteroatoms. The fourth-order valence-corrected chi connectivity index (χ4v) is 3.97. The summed E-state index contributed by atoms with van der Waals surface area (Å²) in [5.41, 5.74) is 0. The van der Waals surface area contributed by atoms with Gasteiger partial charge in [-0.1, -0.05) is 39.0 Å². The third-order valence-electron chi connectivity index (χ3n) is 4.57. The Kier molecular flexibility index (Phi) is 4.19. The van der Waals surface area contributed by atoms with Gasteiger partial charge in [-0.2, -0.15) is 0 Å². The van der Waals surface area contributed by atoms with Crippen molar-refractivity contribution in [2.75, 3.05) is 0 Å². The molecule has 2 rings (SSSR count). The van der Waals surface area contributed by atoms with Gasteiger partial charge in [0.25, 0.3) is 0 Å². The van der Waals surface area contributed by atoms with Crippen LogP contribution in [0.2, 0.25) is 18.1 Å². The van der Waals surface area contributed by atoms with Gasteiger partial charge in [0, 0.05) is 5.92 Å². The van der Waals surface area contributed by atoms with E-state index in [9.17, 15) is 0 Å². The van der Waals surface area contributed by atoms with Crippen LogP contribution in [0.5, 0.6) is 0 Å². The summed E-state index contributed by atoms with van der Waals surface area (Å²) in [5.74, 6) is 1.52. The Bertz CT molecular complexity index is 433. The van der Waals surface area contributed by atoms with Crippen LogP contribution in [-0.2, 0) is 11.0 Å². The summed E-state index contributed by atoms with van der Waals surface area (Å²) in [7, 11) is -1.67. The van der Waals surface area contributed by atoms with Crippen molar-refractivity contribution >= 4 is 19.7 Å². The lowest BCUT2D eigenvalue weighted by Crippen LogP contribution is -2.40. The highest BCUT2D eigenvalue weighted by molar-refractivity contribution is 7.11. The minimum Gasteiger partial charge on any atom is -0.410 e. The number of hydrogen-bond acceptors (Lipinski definition) is 4. The maximum atomic E-state index is 6.19. The van der Waals surface area contributed by atoms with E-state index in [1.54, 1.807) is 11.3 Å². The Balaban J connectivity index is 1.90. The second-order valence-electron chi connectivity index (χ2n) is 7.36. The van der Waals surface area contributed by atoms with Gasteiger partial charge in [0.1, 0.15) is 10.0 Å². The standard InChI is InChI=1S/C14H26N2OSSi/c1-10-7-11(8-10)13-16-15-12(18-13)9-17-19(5,6)14(2,3)4/h10-11H,7-9H2,1-6H3/t10-,11+. The van der Waals surface area contributed by atoms with Gasteiger partial charge in [0.15, 0.2) is 8.32 Å². The van der Waals surface area contributed by atoms with Crippen molar-refractivity contribution in [3.05, 3.63) is 10.0 Å². The Labute approximate surface area is 121 Å². The van der Waals surface area contributed by atoms with Crippen molar-refractivity contribution in [1.29, 1.82) is 0 Å². The van der Waals surface area contributed by atoms with Crippen LogP contribution in [0, 0.1) is 5.92 Å². The zero-order valence-corrected chi connectivity index (χ0v) is 14.8. The van der Waals surface area contributed by atoms with Crippen LogP contribution in [0.1, 0.15) is 56.5 Å². The molecule has 1 aromatic heterocycles. The first-order chi connectivity index (χ1) is 8.69. The maximum absolute atomic E-state index is 6.19. The Morgan fingerprint density at radius 1 is 1.26 bits per heavy atom. The average molecular weight is 299 g/mol. The van der Waals surface area contributed by atoms with Crippen molar-refractivity contribution in [2.24, 2.45) is 5.92 Å². The van der Waals surface area contributed by atoms with Crippen LogP contribution in [0.3, 0.4) is 0 Å². The van der Waals surface area contributed by atoms with Crippen LogP contribution >= 0.6 is 11.3 Å². The van der Waals surface area contributed by atoms with Gasteiger partial charge in [0.05, 0.1) is 6.61 Å². The SMILES string of the molecule is CC(C)(C)[Si](C)(C)OCc1nnc([C@H]2C[C@@H](C)C2)s1. The molecule has 0 bridgehead atoms. The third kappa shape index (κ3) is 3.44. The molecule has 1 aromatic rings. The molecule has 0 N–H and O–H groups in total. The molecular formula is C14H26N2OSSi. The van der Waals surface area contributed by atoms with Crippen molar-refractivity contribution in [3.8, 4) is 0 Å². The molecule has 1 aliphatic rings. The van der Waals surface area contributed by atoms with Crippen molar-refractivity contribution < 1.29 is 4.43 Å². The molecule has 19 heavy (non-hydrogen) atoms. The van der Waals surface area contributed by atoms with E-state index in [1.807, 2.05) is 0 Å². The monoisotopic (exact) mass is 298 g/mol. The summed E-state index contributed by atoms with van der Waals surface area (Å²) >= 11 is 1.75. The maximum Gasteiger partial charge on any atom is 0.192 e. The molecule has 1 heterocycles. The highest BCUT2D eigenvalue weighted by Gasteiger charge is 2.37. The summed E-state index contributed by atoms with van der Waals surface area (Å²) in [4.78, 5) is 0. The lowest BCUT2D eigenvalue weighted by molar-refractivity contribution is 0.274. The normalized spacial score (nSPS) is 24.3. The number of hydrogen-bond donors (Lipinski definition) is 0. The average Bonchev–Trinajstić information content (AvgIpc) is 2.69. The zero-order valence-electron chi connectivity index (χ0n) is 13.0. The van der Waals surface area contributed by atoms with Crippen LogP contribution in [0.15, 0.2) is 0 Å². The molecule has 1 aliphatic carbocycles. The fourth-order valence-electron chi connectivity index (χ4n) is 2.05. The zero-order chi connectivity index (χ0) is 14.3. The molecule has 0 unspecified atom stereocenters. The van der Waals surface area contributed by atoms with Gasteiger partial charge in [-0.3, -0.25) is 0 Å². The lowest BCUT2D eigenvalue weighted by Gasteiger charge is -2.35. The van der Waals surface area contributed by atoms with Crippen LogP contribution < -0.4 is 0 Å². The van der Waals surface area contributed by atoms with E-state index in [2.05, 4.69) is 51.0 Å². The van der Waals surface area contributed by atoms with Crippen LogP contribution in [0.4, 0.5) is 0 Å². The first-order valence-electron chi connectivity index (χ1n) is 7.15. The molecular weight excluding hydrogens is 272 g/mol. The quantitative estimate of drug-likeness (QED) is 0.764. The third-order valence-corrected chi connectivity index (χ3v) is 10.1. The molecule has 0 aromatic carbocycles. The van der Waals surface area contributed by atoms with Gasteiger partial charge < -0.3 is 4.43 Å². The van der Waals surface area contributed by atoms with Gasteiger partial charge >= 0.3 is 0 Å². The number of aromatic nitrogens is 2. The van der Waals surface area contributed by atoms with E-state index in [4.69, 9.17) is 4.43 Å². The van der Waals surface area contributed by atoms with E-state index in [0.717, 1.165) is 10.9 Å². The molecule has 0 amide bonds. The van der Waals surface area contributed by atoms with Gasteiger partial charge in [0.2, 0.25) is 0 Å². The Morgan fingerprint density at radius 3 is 2.42 bits per heavy atom. The predicted octanol–water partition coefficient (Wildman–Crippen LogP) is 4.57. The Hall–Kier alpha value is -0.263. The van der Waals surface area contributed by atoms with E-state index in [0.29, 0.717) is 12.5 Å². The second-order valence-corrected chi connectivity index (χ2v) is 13.3. The molecule has 0 spiro atoms. The van der Waals surface area contributed by atoms with Crippen molar-refractivity contribution in [1.82, 2.24) is 10.2 Å². The fraction of sp³-hybridized carbons (Fsp3) is 0.857. The second kappa shape index (κ2) is 5.26. The van der Waals surface area contributed by atoms with Crippen LogP contribution in [0.25, 0.3) is 0 Å². The molecule has 1 saturated carbocycles. The highest BCUT2D eigenvalue weighted by atomic mass is 32.1. The smallest absolute Gasteiger partial charge is 0.192 e. The van der Waals surface area contributed by atoms with E-state index < -0.39 is 8.32 Å². The minimum atomic E-state index is -1.67. The molecule has 108 valence electrons. The summed E-state index contributed by atoms with van der Waals surface area (Å²) in [5, 5.41) is 11.1. The van der Waals surface area contributed by atoms with Crippen LogP contribution in [-0.4, -0.2) is 18.5 Å². The minimum absolute atomic E-state index is 0.254. The van der Waals surface area contributed by atoms with Gasteiger partial charge in [-0.05, 0) is 36.9 Å². The Morgan fingerprint density at radius 2 is 1.89 bits per heavy atom. The highest BCUT2D eigenvalue weighted by Crippen LogP contribution is 2.42. The van der Waals surface area contributed by atoms with Crippen molar-refractivity contribution in [3.63, 3.8) is 0 Å². The molecule has 0 radical (unpaired) electrons. The summed E-state index contributed by atoms with van der Waals surface area (Å²) < 4.78 is 6.19. The van der Waals surface area contributed by atoms with Gasteiger partial charge in [-0.15, -0.1) is 10.2 Å². The van der Waals surface area contributed by atoms with E-state index >= 15 is 0 Å². The molecule has 0 atom stereocenters. The predicted molar refractivity (Wildman–Crippen MR) is 83.0 cm³/mol. The lowest BCUT2D eigenvalue weighted by atomic mass is 9.77. The first kappa shape index (κ1) is 15.1. The number of rotatable bonds is 4. The molecule has 1 fully saturated rings. The first-order valence-corrected chi connectivity index (χ1v) is 10.9. The van der Waals surface area contributed by atoms with E-state index in [1.165, 1.54) is 17.8 Å². The topological polar surface area (TPSA) is 35.0 Å². The summed E-state index contributed by atoms with van der Waals surface area (Å²) in [6, 6.07) is 0. The van der Waals surface area contributed by atoms with Gasteiger partial charge in [-0.25, -0.2) is 0 Å². The summed E-state index contributed by atoms with van der Waals surface area (Å²) in [6.45, 7) is 14.3. The molecule has 0 aliphatic heterocycles. The largest absolute Gasteiger partial charge is 0.410 e. The summed E-state index contributed by atoms with van der Waals surface area (Å²) in [6.07, 6.45) is 2.55.